The van der Waals surface area contributed by atoms with E-state index in [0.29, 0.717) is 43.5 Å². The third-order valence-electron chi connectivity index (χ3n) is 4.92. The topological polar surface area (TPSA) is 87.5 Å². The molecule has 0 spiro atoms. The van der Waals surface area contributed by atoms with Crippen molar-refractivity contribution in [3.8, 4) is 6.07 Å². The zero-order chi connectivity index (χ0) is 19.8. The molecule has 2 unspecified atom stereocenters. The van der Waals surface area contributed by atoms with E-state index in [2.05, 4.69) is 0 Å². The normalized spacial score (nSPS) is 17.0. The highest BCUT2D eigenvalue weighted by molar-refractivity contribution is 5.98. The van der Waals surface area contributed by atoms with Gasteiger partial charge in [-0.15, -0.1) is 0 Å². The van der Waals surface area contributed by atoms with Crippen molar-refractivity contribution in [3.63, 3.8) is 0 Å². The lowest BCUT2D eigenvalue weighted by Gasteiger charge is -2.34. The smallest absolute Gasteiger partial charge is 0.225 e. The second kappa shape index (κ2) is 9.98. The van der Waals surface area contributed by atoms with Crippen molar-refractivity contribution in [1.29, 1.82) is 5.26 Å². The molecular weight excluding hydrogens is 344 g/mol. The number of aldehydes is 1. The van der Waals surface area contributed by atoms with Gasteiger partial charge in [0.25, 0.3) is 0 Å². The Hall–Kier alpha value is -2.52. The Morgan fingerprint density at radius 2 is 1.93 bits per heavy atom. The standard InChI is InChI=1S/C21H26N2O4/c1-3-18(14-24)27-19-8-10-23(11-9-19)21(26)15(2)12-20(25)17-6-4-16(13-22)5-7-17/h4-7,14-15,18-19H,3,8-12H2,1-2H3. The van der Waals surface area contributed by atoms with Gasteiger partial charge in [0.05, 0.1) is 17.7 Å². The molecule has 1 saturated heterocycles. The molecule has 2 atom stereocenters. The molecule has 6 heteroatoms. The van der Waals surface area contributed by atoms with E-state index in [1.54, 1.807) is 36.1 Å². The first-order valence-electron chi connectivity index (χ1n) is 9.41. The first-order chi connectivity index (χ1) is 13.0. The zero-order valence-corrected chi connectivity index (χ0v) is 15.9. The Balaban J connectivity index is 1.84. The zero-order valence-electron chi connectivity index (χ0n) is 15.9. The summed E-state index contributed by atoms with van der Waals surface area (Å²) in [5, 5.41) is 8.81. The monoisotopic (exact) mass is 370 g/mol. The Labute approximate surface area is 160 Å². The van der Waals surface area contributed by atoms with Crippen molar-refractivity contribution in [1.82, 2.24) is 4.90 Å². The molecule has 0 aromatic heterocycles. The largest absolute Gasteiger partial charge is 0.367 e. The van der Waals surface area contributed by atoms with E-state index in [9.17, 15) is 14.4 Å². The maximum atomic E-state index is 12.6. The van der Waals surface area contributed by atoms with Crippen molar-refractivity contribution in [2.45, 2.75) is 51.7 Å². The van der Waals surface area contributed by atoms with E-state index in [1.807, 2.05) is 13.0 Å². The van der Waals surface area contributed by atoms with Crippen LogP contribution < -0.4 is 0 Å². The van der Waals surface area contributed by atoms with Crippen molar-refractivity contribution >= 4 is 18.0 Å². The van der Waals surface area contributed by atoms with E-state index >= 15 is 0 Å². The van der Waals surface area contributed by atoms with Gasteiger partial charge in [0.2, 0.25) is 5.91 Å². The summed E-state index contributed by atoms with van der Waals surface area (Å²) in [6, 6.07) is 8.47. The number of benzene rings is 1. The van der Waals surface area contributed by atoms with E-state index < -0.39 is 5.92 Å². The molecule has 144 valence electrons. The van der Waals surface area contributed by atoms with Crippen molar-refractivity contribution in [2.75, 3.05) is 13.1 Å². The number of Topliss-reactive ketones (excluding diaryl/α,β-unsaturated/α-hetero) is 1. The number of ether oxygens (including phenoxy) is 1. The molecule has 1 fully saturated rings. The third-order valence-corrected chi connectivity index (χ3v) is 4.92. The summed E-state index contributed by atoms with van der Waals surface area (Å²) in [5.74, 6) is -0.530. The highest BCUT2D eigenvalue weighted by Gasteiger charge is 2.28. The number of hydrogen-bond donors (Lipinski definition) is 0. The van der Waals surface area contributed by atoms with Crippen LogP contribution in [0.25, 0.3) is 0 Å². The van der Waals surface area contributed by atoms with Crippen molar-refractivity contribution in [2.24, 2.45) is 5.92 Å². The fourth-order valence-corrected chi connectivity index (χ4v) is 3.21. The van der Waals surface area contributed by atoms with Crippen LogP contribution in [0.1, 0.15) is 55.5 Å². The molecule has 0 N–H and O–H groups in total. The Morgan fingerprint density at radius 3 is 2.44 bits per heavy atom. The molecule has 0 saturated carbocycles. The number of nitrogens with zero attached hydrogens (tertiary/aromatic N) is 2. The molecule has 1 aliphatic heterocycles. The molecular formula is C21H26N2O4. The number of hydrogen-bond acceptors (Lipinski definition) is 5. The number of piperidine rings is 1. The summed E-state index contributed by atoms with van der Waals surface area (Å²) in [4.78, 5) is 37.7. The van der Waals surface area contributed by atoms with Gasteiger partial charge in [-0.05, 0) is 31.4 Å². The molecule has 1 aromatic rings. The van der Waals surface area contributed by atoms with E-state index in [0.717, 1.165) is 6.29 Å². The number of rotatable bonds is 8. The Bertz CT molecular complexity index is 700. The summed E-state index contributed by atoms with van der Waals surface area (Å²) in [6.07, 6.45) is 2.65. The van der Waals surface area contributed by atoms with Gasteiger partial charge in [-0.25, -0.2) is 0 Å². The van der Waals surface area contributed by atoms with Crippen LogP contribution in [-0.2, 0) is 14.3 Å². The van der Waals surface area contributed by atoms with E-state index in [-0.39, 0.29) is 30.3 Å². The summed E-state index contributed by atoms with van der Waals surface area (Å²) in [5.41, 5.74) is 1.01. The van der Waals surface area contributed by atoms with Gasteiger partial charge in [-0.1, -0.05) is 26.0 Å². The minimum Gasteiger partial charge on any atom is -0.367 e. The molecule has 1 amide bonds. The highest BCUT2D eigenvalue weighted by atomic mass is 16.5. The van der Waals surface area contributed by atoms with Crippen LogP contribution in [-0.4, -0.2) is 48.2 Å². The van der Waals surface area contributed by atoms with E-state index in [1.165, 1.54) is 0 Å². The maximum absolute atomic E-state index is 12.6. The average molecular weight is 370 g/mol. The first kappa shape index (κ1) is 20.8. The molecule has 1 aromatic carbocycles. The van der Waals surface area contributed by atoms with Gasteiger partial charge in [0.15, 0.2) is 5.78 Å². The van der Waals surface area contributed by atoms with Crippen molar-refractivity contribution < 1.29 is 19.1 Å². The minimum atomic E-state index is -0.399. The lowest BCUT2D eigenvalue weighted by Crippen LogP contribution is -2.44. The molecule has 1 heterocycles. The van der Waals surface area contributed by atoms with Crippen LogP contribution in [0.4, 0.5) is 0 Å². The van der Waals surface area contributed by atoms with Gasteiger partial charge in [0, 0.05) is 31.0 Å². The van der Waals surface area contributed by atoms with Gasteiger partial charge in [-0.2, -0.15) is 5.26 Å². The molecule has 0 radical (unpaired) electrons. The Morgan fingerprint density at radius 1 is 1.30 bits per heavy atom. The number of carbonyl (C=O) groups excluding carboxylic acids is 3. The number of nitriles is 1. The second-order valence-electron chi connectivity index (χ2n) is 6.96. The van der Waals surface area contributed by atoms with Crippen LogP contribution in [0.5, 0.6) is 0 Å². The average Bonchev–Trinajstić information content (AvgIpc) is 2.71. The van der Waals surface area contributed by atoms with Gasteiger partial charge in [0.1, 0.15) is 12.4 Å². The van der Waals surface area contributed by atoms with Gasteiger partial charge >= 0.3 is 0 Å². The lowest BCUT2D eigenvalue weighted by molar-refractivity contribution is -0.140. The quantitative estimate of drug-likeness (QED) is 0.519. The number of carbonyl (C=O) groups is 3. The van der Waals surface area contributed by atoms with Gasteiger partial charge in [-0.3, -0.25) is 9.59 Å². The first-order valence-corrected chi connectivity index (χ1v) is 9.41. The van der Waals surface area contributed by atoms with Crippen LogP contribution in [0.3, 0.4) is 0 Å². The molecule has 2 rings (SSSR count). The van der Waals surface area contributed by atoms with Crippen LogP contribution in [0, 0.1) is 17.2 Å². The number of likely N-dealkylation sites (tertiary alicyclic amines) is 1. The SMILES string of the molecule is CCC(C=O)OC1CCN(C(=O)C(C)CC(=O)c2ccc(C#N)cc2)CC1. The molecule has 27 heavy (non-hydrogen) atoms. The molecule has 0 bridgehead atoms. The fourth-order valence-electron chi connectivity index (χ4n) is 3.21. The van der Waals surface area contributed by atoms with Crippen LogP contribution in [0.2, 0.25) is 0 Å². The van der Waals surface area contributed by atoms with Gasteiger partial charge < -0.3 is 14.4 Å². The summed E-state index contributed by atoms with van der Waals surface area (Å²) >= 11 is 0. The van der Waals surface area contributed by atoms with Crippen molar-refractivity contribution in [3.05, 3.63) is 35.4 Å². The number of ketones is 1. The highest BCUT2D eigenvalue weighted by Crippen LogP contribution is 2.20. The van der Waals surface area contributed by atoms with Crippen LogP contribution >= 0.6 is 0 Å². The maximum Gasteiger partial charge on any atom is 0.225 e. The second-order valence-corrected chi connectivity index (χ2v) is 6.96. The molecule has 0 aliphatic carbocycles. The van der Waals surface area contributed by atoms with E-state index in [4.69, 9.17) is 10.00 Å². The number of amides is 1. The minimum absolute atomic E-state index is 0.000197. The predicted octanol–water partition coefficient (Wildman–Crippen LogP) is 2.75. The van der Waals surface area contributed by atoms with Crippen LogP contribution in [0.15, 0.2) is 24.3 Å². The Kier molecular flexibility index (Phi) is 7.68. The predicted molar refractivity (Wildman–Crippen MR) is 100 cm³/mol. The molecule has 1 aliphatic rings. The third kappa shape index (κ3) is 5.73. The summed E-state index contributed by atoms with van der Waals surface area (Å²) in [6.45, 7) is 4.83. The summed E-state index contributed by atoms with van der Waals surface area (Å²) < 4.78 is 5.74. The summed E-state index contributed by atoms with van der Waals surface area (Å²) in [7, 11) is 0. The lowest BCUT2D eigenvalue weighted by atomic mass is 9.96. The fraction of sp³-hybridized carbons (Fsp3) is 0.524. The molecule has 6 nitrogen and oxygen atoms in total.